The Morgan fingerprint density at radius 2 is 1.45 bits per heavy atom. The van der Waals surface area contributed by atoms with Gasteiger partial charge in [-0.2, -0.15) is 0 Å². The Hall–Kier alpha value is -2.94. The molecule has 0 aliphatic heterocycles. The van der Waals surface area contributed by atoms with E-state index in [9.17, 15) is 0 Å². The van der Waals surface area contributed by atoms with E-state index in [4.69, 9.17) is 0 Å². The van der Waals surface area contributed by atoms with Crippen LogP contribution in [0.5, 0.6) is 0 Å². The average molecular weight is 285 g/mol. The van der Waals surface area contributed by atoms with Crippen molar-refractivity contribution in [1.82, 2.24) is 15.0 Å². The molecular formula is C19H15N3. The fourth-order valence-electron chi connectivity index (χ4n) is 2.72. The van der Waals surface area contributed by atoms with Crippen LogP contribution < -0.4 is 0 Å². The summed E-state index contributed by atoms with van der Waals surface area (Å²) in [4.78, 5) is 0. The van der Waals surface area contributed by atoms with Crippen LogP contribution >= 0.6 is 0 Å². The summed E-state index contributed by atoms with van der Waals surface area (Å²) >= 11 is 0. The second-order valence-electron chi connectivity index (χ2n) is 5.27. The van der Waals surface area contributed by atoms with E-state index >= 15 is 0 Å². The minimum absolute atomic E-state index is 0.732. The Kier molecular flexibility index (Phi) is 3.16. The molecule has 3 heteroatoms. The number of nitrogens with zero attached hydrogens (tertiary/aromatic N) is 3. The van der Waals surface area contributed by atoms with E-state index in [0.717, 1.165) is 23.1 Å². The van der Waals surface area contributed by atoms with Crippen molar-refractivity contribution in [2.24, 2.45) is 0 Å². The Morgan fingerprint density at radius 3 is 2.23 bits per heavy atom. The fraction of sp³-hybridized carbons (Fsp3) is 0.0526. The lowest BCUT2D eigenvalue weighted by atomic mass is 10.0. The van der Waals surface area contributed by atoms with Crippen molar-refractivity contribution < 1.29 is 0 Å². The summed E-state index contributed by atoms with van der Waals surface area (Å²) in [6.07, 6.45) is 0. The molecule has 3 aromatic carbocycles. The molecule has 4 aromatic rings. The second kappa shape index (κ2) is 5.45. The third-order valence-corrected chi connectivity index (χ3v) is 3.81. The molecule has 3 nitrogen and oxygen atoms in total. The molecule has 0 amide bonds. The van der Waals surface area contributed by atoms with Gasteiger partial charge in [-0.1, -0.05) is 78.0 Å². The summed E-state index contributed by atoms with van der Waals surface area (Å²) in [5.41, 5.74) is 5.52. The van der Waals surface area contributed by atoms with Crippen molar-refractivity contribution in [3.05, 3.63) is 84.4 Å². The average Bonchev–Trinajstić information content (AvgIpc) is 3.00. The summed E-state index contributed by atoms with van der Waals surface area (Å²) in [5, 5.41) is 8.75. The number of rotatable bonds is 3. The molecule has 0 radical (unpaired) electrons. The lowest BCUT2D eigenvalue weighted by Crippen LogP contribution is -2.01. The maximum absolute atomic E-state index is 4.40. The van der Waals surface area contributed by atoms with Crippen LogP contribution in [0.15, 0.2) is 78.9 Å². The summed E-state index contributed by atoms with van der Waals surface area (Å²) in [7, 11) is 0. The minimum Gasteiger partial charge on any atom is -0.240 e. The van der Waals surface area contributed by atoms with E-state index in [2.05, 4.69) is 52.8 Å². The Labute approximate surface area is 128 Å². The van der Waals surface area contributed by atoms with Crippen molar-refractivity contribution in [3.63, 3.8) is 0 Å². The first-order valence-electron chi connectivity index (χ1n) is 7.33. The van der Waals surface area contributed by atoms with Gasteiger partial charge in [0.25, 0.3) is 0 Å². The highest BCUT2D eigenvalue weighted by Crippen LogP contribution is 2.26. The van der Waals surface area contributed by atoms with Crippen LogP contribution in [0, 0.1) is 0 Å². The monoisotopic (exact) mass is 285 g/mol. The van der Waals surface area contributed by atoms with E-state index in [-0.39, 0.29) is 0 Å². The van der Waals surface area contributed by atoms with Gasteiger partial charge in [-0.25, -0.2) is 4.68 Å². The molecule has 0 saturated carbocycles. The third-order valence-electron chi connectivity index (χ3n) is 3.81. The Morgan fingerprint density at radius 1 is 0.727 bits per heavy atom. The molecular weight excluding hydrogens is 270 g/mol. The van der Waals surface area contributed by atoms with Gasteiger partial charge in [0.15, 0.2) is 0 Å². The van der Waals surface area contributed by atoms with E-state index in [1.807, 2.05) is 41.1 Å². The normalized spacial score (nSPS) is 10.9. The largest absolute Gasteiger partial charge is 0.240 e. The molecule has 0 aliphatic rings. The molecule has 0 unspecified atom stereocenters. The quantitative estimate of drug-likeness (QED) is 0.566. The Balaban J connectivity index is 1.80. The number of benzene rings is 3. The zero-order valence-corrected chi connectivity index (χ0v) is 12.1. The molecule has 1 heterocycles. The lowest BCUT2D eigenvalue weighted by molar-refractivity contribution is 0.670. The first-order valence-corrected chi connectivity index (χ1v) is 7.33. The standard InChI is InChI=1S/C19H15N3/c1-3-8-15(9-4-1)14-22-18-13-7-12-17(19(18)20-21-22)16-10-5-2-6-11-16/h1-13H,14H2. The van der Waals surface area contributed by atoms with Gasteiger partial charge in [0.1, 0.15) is 5.52 Å². The van der Waals surface area contributed by atoms with Crippen molar-refractivity contribution in [3.8, 4) is 11.1 Å². The van der Waals surface area contributed by atoms with Crippen molar-refractivity contribution in [2.45, 2.75) is 6.54 Å². The maximum atomic E-state index is 4.40. The number of hydrogen-bond donors (Lipinski definition) is 0. The SMILES string of the molecule is c1ccc(Cn2nnc3c(-c4ccccc4)cccc32)cc1. The van der Waals surface area contributed by atoms with Gasteiger partial charge in [-0.15, -0.1) is 5.10 Å². The molecule has 1 aromatic heterocycles. The van der Waals surface area contributed by atoms with Gasteiger partial charge in [-0.05, 0) is 17.2 Å². The van der Waals surface area contributed by atoms with Crippen molar-refractivity contribution in [1.29, 1.82) is 0 Å². The van der Waals surface area contributed by atoms with Gasteiger partial charge in [0, 0.05) is 5.56 Å². The molecule has 0 atom stereocenters. The van der Waals surface area contributed by atoms with Crippen LogP contribution in [0.1, 0.15) is 5.56 Å². The smallest absolute Gasteiger partial charge is 0.121 e. The molecule has 0 bridgehead atoms. The van der Waals surface area contributed by atoms with Gasteiger partial charge < -0.3 is 0 Å². The lowest BCUT2D eigenvalue weighted by Gasteiger charge is -2.04. The highest BCUT2D eigenvalue weighted by atomic mass is 15.4. The second-order valence-corrected chi connectivity index (χ2v) is 5.27. The van der Waals surface area contributed by atoms with Crippen molar-refractivity contribution >= 4 is 11.0 Å². The molecule has 106 valence electrons. The fourth-order valence-corrected chi connectivity index (χ4v) is 2.72. The topological polar surface area (TPSA) is 30.7 Å². The number of fused-ring (bicyclic) bond motifs is 1. The van der Waals surface area contributed by atoms with E-state index < -0.39 is 0 Å². The molecule has 0 fully saturated rings. The third kappa shape index (κ3) is 2.27. The van der Waals surface area contributed by atoms with Crippen LogP contribution in [-0.2, 0) is 6.54 Å². The molecule has 0 saturated heterocycles. The number of aromatic nitrogens is 3. The van der Waals surface area contributed by atoms with Gasteiger partial charge in [-0.3, -0.25) is 0 Å². The first-order chi connectivity index (χ1) is 10.9. The zero-order valence-electron chi connectivity index (χ0n) is 12.1. The van der Waals surface area contributed by atoms with Gasteiger partial charge >= 0.3 is 0 Å². The van der Waals surface area contributed by atoms with Gasteiger partial charge in [0.05, 0.1) is 12.1 Å². The van der Waals surface area contributed by atoms with E-state index in [0.29, 0.717) is 0 Å². The van der Waals surface area contributed by atoms with Crippen LogP contribution in [0.4, 0.5) is 0 Å². The Bertz CT molecular complexity index is 896. The highest BCUT2D eigenvalue weighted by Gasteiger charge is 2.10. The summed E-state index contributed by atoms with van der Waals surface area (Å²) in [6.45, 7) is 0.732. The van der Waals surface area contributed by atoms with Crippen LogP contribution in [0.3, 0.4) is 0 Å². The van der Waals surface area contributed by atoms with Crippen LogP contribution in [0.2, 0.25) is 0 Å². The maximum Gasteiger partial charge on any atom is 0.121 e. The van der Waals surface area contributed by atoms with E-state index in [1.165, 1.54) is 11.1 Å². The molecule has 0 aliphatic carbocycles. The zero-order chi connectivity index (χ0) is 14.8. The molecule has 4 rings (SSSR count). The predicted molar refractivity (Wildman–Crippen MR) is 88.5 cm³/mol. The van der Waals surface area contributed by atoms with Crippen LogP contribution in [-0.4, -0.2) is 15.0 Å². The highest BCUT2D eigenvalue weighted by molar-refractivity contribution is 5.91. The number of hydrogen-bond acceptors (Lipinski definition) is 2. The molecule has 22 heavy (non-hydrogen) atoms. The molecule has 0 N–H and O–H groups in total. The summed E-state index contributed by atoms with van der Waals surface area (Å²) in [6, 6.07) is 26.9. The minimum atomic E-state index is 0.732. The predicted octanol–water partition coefficient (Wildman–Crippen LogP) is 4.15. The molecule has 0 spiro atoms. The summed E-state index contributed by atoms with van der Waals surface area (Å²) in [5.74, 6) is 0. The van der Waals surface area contributed by atoms with Crippen molar-refractivity contribution in [2.75, 3.05) is 0 Å². The summed E-state index contributed by atoms with van der Waals surface area (Å²) < 4.78 is 1.96. The van der Waals surface area contributed by atoms with Gasteiger partial charge in [0.2, 0.25) is 0 Å². The van der Waals surface area contributed by atoms with Crippen LogP contribution in [0.25, 0.3) is 22.2 Å². The first kappa shape index (κ1) is 12.8. The van der Waals surface area contributed by atoms with E-state index in [1.54, 1.807) is 0 Å².